The second-order valence-corrected chi connectivity index (χ2v) is 4.82. The van der Waals surface area contributed by atoms with Crippen molar-refractivity contribution in [1.82, 2.24) is 15.1 Å². The van der Waals surface area contributed by atoms with Crippen LogP contribution in [0.15, 0.2) is 30.5 Å². The van der Waals surface area contributed by atoms with Crippen LogP contribution in [-0.4, -0.2) is 21.6 Å². The van der Waals surface area contributed by atoms with Crippen LogP contribution in [0.2, 0.25) is 0 Å². The SMILES string of the molecule is CC(=O)c1ccc(NC(=O)NCc2cnn(C)c2C)cc1. The number of anilines is 1. The summed E-state index contributed by atoms with van der Waals surface area (Å²) in [6.07, 6.45) is 1.73. The number of hydrogen-bond donors (Lipinski definition) is 2. The lowest BCUT2D eigenvalue weighted by Gasteiger charge is -2.08. The maximum Gasteiger partial charge on any atom is 0.319 e. The average Bonchev–Trinajstić information content (AvgIpc) is 2.77. The molecule has 1 heterocycles. The highest BCUT2D eigenvalue weighted by molar-refractivity contribution is 5.95. The first-order valence-electron chi connectivity index (χ1n) is 6.60. The van der Waals surface area contributed by atoms with Crippen molar-refractivity contribution in [1.29, 1.82) is 0 Å². The third-order valence-electron chi connectivity index (χ3n) is 3.33. The lowest BCUT2D eigenvalue weighted by molar-refractivity contribution is 0.101. The van der Waals surface area contributed by atoms with E-state index in [0.717, 1.165) is 11.3 Å². The van der Waals surface area contributed by atoms with Gasteiger partial charge in [-0.25, -0.2) is 4.79 Å². The van der Waals surface area contributed by atoms with Gasteiger partial charge in [0, 0.05) is 36.1 Å². The van der Waals surface area contributed by atoms with Crippen LogP contribution in [0.4, 0.5) is 10.5 Å². The molecule has 0 spiro atoms. The minimum atomic E-state index is -0.297. The zero-order valence-corrected chi connectivity index (χ0v) is 12.3. The van der Waals surface area contributed by atoms with Crippen LogP contribution in [0, 0.1) is 6.92 Å². The Bertz CT molecular complexity index is 659. The second-order valence-electron chi connectivity index (χ2n) is 4.82. The maximum atomic E-state index is 11.8. The number of aromatic nitrogens is 2. The standard InChI is InChI=1S/C15H18N4O2/c1-10-13(9-17-19(10)3)8-16-15(21)18-14-6-4-12(5-7-14)11(2)20/h4-7,9H,8H2,1-3H3,(H2,16,18,21). The zero-order chi connectivity index (χ0) is 15.4. The van der Waals surface area contributed by atoms with Gasteiger partial charge in [0.05, 0.1) is 6.20 Å². The summed E-state index contributed by atoms with van der Waals surface area (Å²) in [5.41, 5.74) is 3.24. The molecule has 21 heavy (non-hydrogen) atoms. The predicted molar refractivity (Wildman–Crippen MR) is 80.2 cm³/mol. The van der Waals surface area contributed by atoms with Gasteiger partial charge >= 0.3 is 6.03 Å². The zero-order valence-electron chi connectivity index (χ0n) is 12.3. The van der Waals surface area contributed by atoms with Crippen LogP contribution in [0.5, 0.6) is 0 Å². The highest BCUT2D eigenvalue weighted by Crippen LogP contribution is 2.10. The van der Waals surface area contributed by atoms with E-state index in [1.165, 1.54) is 6.92 Å². The van der Waals surface area contributed by atoms with E-state index in [1.807, 2.05) is 14.0 Å². The third kappa shape index (κ3) is 3.68. The van der Waals surface area contributed by atoms with E-state index in [2.05, 4.69) is 15.7 Å². The van der Waals surface area contributed by atoms with Gasteiger partial charge in [0.15, 0.2) is 5.78 Å². The van der Waals surface area contributed by atoms with E-state index in [1.54, 1.807) is 35.1 Å². The van der Waals surface area contributed by atoms with E-state index in [-0.39, 0.29) is 11.8 Å². The lowest BCUT2D eigenvalue weighted by Crippen LogP contribution is -2.28. The monoisotopic (exact) mass is 286 g/mol. The van der Waals surface area contributed by atoms with Gasteiger partial charge in [0.25, 0.3) is 0 Å². The summed E-state index contributed by atoms with van der Waals surface area (Å²) >= 11 is 0. The number of ketones is 1. The fourth-order valence-electron chi connectivity index (χ4n) is 1.86. The van der Waals surface area contributed by atoms with Gasteiger partial charge < -0.3 is 10.6 Å². The second kappa shape index (κ2) is 6.21. The number of carbonyl (C=O) groups is 2. The van der Waals surface area contributed by atoms with Crippen LogP contribution in [0.1, 0.15) is 28.5 Å². The minimum Gasteiger partial charge on any atom is -0.334 e. The molecule has 0 bridgehead atoms. The Morgan fingerprint density at radius 1 is 1.24 bits per heavy atom. The Labute approximate surface area is 123 Å². The fourth-order valence-corrected chi connectivity index (χ4v) is 1.86. The number of aryl methyl sites for hydroxylation is 1. The topological polar surface area (TPSA) is 76.0 Å². The molecule has 2 amide bonds. The molecule has 2 rings (SSSR count). The number of nitrogens with one attached hydrogen (secondary N) is 2. The smallest absolute Gasteiger partial charge is 0.319 e. The normalized spacial score (nSPS) is 10.2. The van der Waals surface area contributed by atoms with Gasteiger partial charge in [-0.05, 0) is 38.1 Å². The Balaban J connectivity index is 1.89. The van der Waals surface area contributed by atoms with Gasteiger partial charge in [0.1, 0.15) is 0 Å². The van der Waals surface area contributed by atoms with E-state index in [0.29, 0.717) is 17.8 Å². The molecule has 0 aliphatic carbocycles. The summed E-state index contributed by atoms with van der Waals surface area (Å²) in [5, 5.41) is 9.60. The van der Waals surface area contributed by atoms with Crippen LogP contribution in [0.25, 0.3) is 0 Å². The summed E-state index contributed by atoms with van der Waals surface area (Å²) in [5.74, 6) is -0.00180. The van der Waals surface area contributed by atoms with Crippen molar-refractivity contribution in [3.05, 3.63) is 47.3 Å². The van der Waals surface area contributed by atoms with Crippen molar-refractivity contribution in [2.24, 2.45) is 7.05 Å². The Morgan fingerprint density at radius 2 is 1.90 bits per heavy atom. The first kappa shape index (κ1) is 14.8. The molecule has 2 aromatic rings. The van der Waals surface area contributed by atoms with Gasteiger partial charge in [-0.3, -0.25) is 9.48 Å². The summed E-state index contributed by atoms with van der Waals surface area (Å²) in [6.45, 7) is 3.87. The summed E-state index contributed by atoms with van der Waals surface area (Å²) < 4.78 is 1.76. The van der Waals surface area contributed by atoms with Gasteiger partial charge in [-0.2, -0.15) is 5.10 Å². The molecular weight excluding hydrogens is 268 g/mol. The minimum absolute atomic E-state index is 0.00180. The molecule has 1 aromatic carbocycles. The molecule has 0 fully saturated rings. The van der Waals surface area contributed by atoms with E-state index in [4.69, 9.17) is 0 Å². The third-order valence-corrected chi connectivity index (χ3v) is 3.33. The Kier molecular flexibility index (Phi) is 4.37. The van der Waals surface area contributed by atoms with Crippen molar-refractivity contribution >= 4 is 17.5 Å². The summed E-state index contributed by atoms with van der Waals surface area (Å²) in [7, 11) is 1.86. The van der Waals surface area contributed by atoms with Crippen molar-refractivity contribution in [2.75, 3.05) is 5.32 Å². The molecule has 6 nitrogen and oxygen atoms in total. The maximum absolute atomic E-state index is 11.8. The summed E-state index contributed by atoms with van der Waals surface area (Å²) in [6, 6.07) is 6.47. The first-order chi connectivity index (χ1) is 9.97. The van der Waals surface area contributed by atoms with Crippen LogP contribution >= 0.6 is 0 Å². The number of hydrogen-bond acceptors (Lipinski definition) is 3. The van der Waals surface area contributed by atoms with Crippen LogP contribution in [-0.2, 0) is 13.6 Å². The van der Waals surface area contributed by atoms with Crippen molar-refractivity contribution in [2.45, 2.75) is 20.4 Å². The molecule has 0 unspecified atom stereocenters. The molecular formula is C15H18N4O2. The van der Waals surface area contributed by atoms with Crippen molar-refractivity contribution in [3.8, 4) is 0 Å². The lowest BCUT2D eigenvalue weighted by atomic mass is 10.1. The van der Waals surface area contributed by atoms with Gasteiger partial charge in [0.2, 0.25) is 0 Å². The Hall–Kier alpha value is -2.63. The highest BCUT2D eigenvalue weighted by atomic mass is 16.2. The molecule has 0 aliphatic rings. The number of Topliss-reactive ketones (excluding diaryl/α,β-unsaturated/α-hetero) is 1. The van der Waals surface area contributed by atoms with E-state index >= 15 is 0 Å². The first-order valence-corrected chi connectivity index (χ1v) is 6.60. The number of benzene rings is 1. The summed E-state index contributed by atoms with van der Waals surface area (Å²) in [4.78, 5) is 23.0. The molecule has 0 saturated heterocycles. The Morgan fingerprint density at radius 3 is 2.43 bits per heavy atom. The largest absolute Gasteiger partial charge is 0.334 e. The molecule has 2 N–H and O–H groups in total. The average molecular weight is 286 g/mol. The molecule has 110 valence electrons. The van der Waals surface area contributed by atoms with Crippen molar-refractivity contribution in [3.63, 3.8) is 0 Å². The number of rotatable bonds is 4. The molecule has 0 aliphatic heterocycles. The van der Waals surface area contributed by atoms with E-state index < -0.39 is 0 Å². The molecule has 1 aromatic heterocycles. The number of carbonyl (C=O) groups excluding carboxylic acids is 2. The van der Waals surface area contributed by atoms with Gasteiger partial charge in [-0.15, -0.1) is 0 Å². The van der Waals surface area contributed by atoms with Crippen LogP contribution < -0.4 is 10.6 Å². The quantitative estimate of drug-likeness (QED) is 0.846. The molecule has 0 atom stereocenters. The number of amides is 2. The number of nitrogens with zero attached hydrogens (tertiary/aromatic N) is 2. The number of urea groups is 1. The van der Waals surface area contributed by atoms with Crippen LogP contribution in [0.3, 0.4) is 0 Å². The predicted octanol–water partition coefficient (Wildman–Crippen LogP) is 2.25. The molecule has 6 heteroatoms. The fraction of sp³-hybridized carbons (Fsp3) is 0.267. The molecule has 0 radical (unpaired) electrons. The highest BCUT2D eigenvalue weighted by Gasteiger charge is 2.06. The molecule has 0 saturated carbocycles. The van der Waals surface area contributed by atoms with Crippen molar-refractivity contribution < 1.29 is 9.59 Å². The van der Waals surface area contributed by atoms with E-state index in [9.17, 15) is 9.59 Å². The van der Waals surface area contributed by atoms with Gasteiger partial charge in [-0.1, -0.05) is 0 Å².